The SMILES string of the molecule is COC(=O)C12C=CC(CC1Sc1ccccc1)OC2=O. The molecule has 2 heterocycles. The van der Waals surface area contributed by atoms with Crippen molar-refractivity contribution in [2.24, 2.45) is 5.41 Å². The van der Waals surface area contributed by atoms with E-state index >= 15 is 0 Å². The van der Waals surface area contributed by atoms with Gasteiger partial charge in [-0.3, -0.25) is 9.59 Å². The zero-order valence-electron chi connectivity index (χ0n) is 10.9. The normalized spacial score (nSPS) is 30.9. The van der Waals surface area contributed by atoms with E-state index in [1.807, 2.05) is 30.3 Å². The lowest BCUT2D eigenvalue weighted by Gasteiger charge is -2.43. The summed E-state index contributed by atoms with van der Waals surface area (Å²) < 4.78 is 10.1. The first kappa shape index (κ1) is 13.2. The summed E-state index contributed by atoms with van der Waals surface area (Å²) in [6.07, 6.45) is 3.81. The molecule has 3 aliphatic rings. The molecule has 1 aromatic carbocycles. The van der Waals surface area contributed by atoms with Gasteiger partial charge in [-0.05, 0) is 18.2 Å². The Hall–Kier alpha value is -1.75. The van der Waals surface area contributed by atoms with Crippen LogP contribution in [0.15, 0.2) is 47.4 Å². The van der Waals surface area contributed by atoms with Crippen molar-refractivity contribution in [2.45, 2.75) is 22.7 Å². The molecule has 1 saturated heterocycles. The molecule has 2 aliphatic heterocycles. The predicted octanol–water partition coefficient (Wildman–Crippen LogP) is 2.19. The lowest BCUT2D eigenvalue weighted by molar-refractivity contribution is -0.176. The van der Waals surface area contributed by atoms with E-state index in [1.165, 1.54) is 18.9 Å². The van der Waals surface area contributed by atoms with Gasteiger partial charge in [0, 0.05) is 16.6 Å². The Bertz CT molecular complexity index is 568. The Morgan fingerprint density at radius 2 is 2.15 bits per heavy atom. The number of rotatable bonds is 3. The number of ether oxygens (including phenoxy) is 2. The lowest BCUT2D eigenvalue weighted by Crippen LogP contribution is -2.56. The van der Waals surface area contributed by atoms with E-state index in [2.05, 4.69) is 0 Å². The first-order chi connectivity index (χ1) is 9.66. The van der Waals surface area contributed by atoms with Gasteiger partial charge in [0.2, 0.25) is 0 Å². The molecule has 1 aromatic rings. The molecule has 20 heavy (non-hydrogen) atoms. The van der Waals surface area contributed by atoms with Crippen LogP contribution in [0.5, 0.6) is 0 Å². The number of thioether (sulfide) groups is 1. The molecule has 104 valence electrons. The maximum atomic E-state index is 12.2. The quantitative estimate of drug-likeness (QED) is 0.485. The summed E-state index contributed by atoms with van der Waals surface area (Å²) in [7, 11) is 1.29. The van der Waals surface area contributed by atoms with E-state index in [0.717, 1.165) is 4.90 Å². The molecule has 0 amide bonds. The summed E-state index contributed by atoms with van der Waals surface area (Å²) in [4.78, 5) is 25.4. The Balaban J connectivity index is 1.96. The van der Waals surface area contributed by atoms with E-state index in [9.17, 15) is 9.59 Å². The highest BCUT2D eigenvalue weighted by atomic mass is 32.2. The number of carbonyl (C=O) groups excluding carboxylic acids is 2. The number of hydrogen-bond donors (Lipinski definition) is 0. The standard InChI is InChI=1S/C15H14O4S/c1-18-13(16)15-8-7-10(19-14(15)17)9-12(15)20-11-5-3-2-4-6-11/h2-8,10,12H,9H2,1H3. The number of benzene rings is 1. The van der Waals surface area contributed by atoms with Crippen molar-refractivity contribution in [3.8, 4) is 0 Å². The highest BCUT2D eigenvalue weighted by Crippen LogP contribution is 2.48. The average molecular weight is 290 g/mol. The highest BCUT2D eigenvalue weighted by Gasteiger charge is 2.59. The van der Waals surface area contributed by atoms with Gasteiger partial charge in [0.25, 0.3) is 0 Å². The summed E-state index contributed by atoms with van der Waals surface area (Å²) in [5.41, 5.74) is -1.32. The van der Waals surface area contributed by atoms with Crippen molar-refractivity contribution >= 4 is 23.7 Å². The van der Waals surface area contributed by atoms with Gasteiger partial charge in [-0.1, -0.05) is 24.3 Å². The molecule has 0 aromatic heterocycles. The molecule has 3 atom stereocenters. The van der Waals surface area contributed by atoms with Crippen molar-refractivity contribution in [2.75, 3.05) is 7.11 Å². The topological polar surface area (TPSA) is 52.6 Å². The molecule has 0 N–H and O–H groups in total. The van der Waals surface area contributed by atoms with E-state index in [4.69, 9.17) is 9.47 Å². The van der Waals surface area contributed by atoms with Crippen LogP contribution in [-0.2, 0) is 19.1 Å². The molecule has 0 spiro atoms. The second-order valence-corrected chi connectivity index (χ2v) is 6.09. The fourth-order valence-electron chi connectivity index (χ4n) is 2.62. The summed E-state index contributed by atoms with van der Waals surface area (Å²) in [6, 6.07) is 9.73. The first-order valence-electron chi connectivity index (χ1n) is 6.37. The zero-order valence-corrected chi connectivity index (χ0v) is 11.8. The number of esters is 2. The molecule has 1 aliphatic carbocycles. The van der Waals surface area contributed by atoms with E-state index in [-0.39, 0.29) is 11.4 Å². The minimum absolute atomic E-state index is 0.200. The summed E-state index contributed by atoms with van der Waals surface area (Å²) in [6.45, 7) is 0. The van der Waals surface area contributed by atoms with Crippen molar-refractivity contribution in [1.82, 2.24) is 0 Å². The fourth-order valence-corrected chi connectivity index (χ4v) is 4.01. The maximum absolute atomic E-state index is 12.2. The number of methoxy groups -OCH3 is 1. The van der Waals surface area contributed by atoms with Crippen molar-refractivity contribution < 1.29 is 19.1 Å². The predicted molar refractivity (Wildman–Crippen MR) is 74.2 cm³/mol. The van der Waals surface area contributed by atoms with Gasteiger partial charge in [0.05, 0.1) is 7.11 Å². The van der Waals surface area contributed by atoms with Gasteiger partial charge >= 0.3 is 11.9 Å². The summed E-state index contributed by atoms with van der Waals surface area (Å²) >= 11 is 1.52. The molecule has 0 radical (unpaired) electrons. The van der Waals surface area contributed by atoms with E-state index in [0.29, 0.717) is 6.42 Å². The smallest absolute Gasteiger partial charge is 0.329 e. The second-order valence-electron chi connectivity index (χ2n) is 4.82. The van der Waals surface area contributed by atoms with Crippen LogP contribution in [0.4, 0.5) is 0 Å². The van der Waals surface area contributed by atoms with Crippen LogP contribution >= 0.6 is 11.8 Å². The molecular weight excluding hydrogens is 276 g/mol. The molecule has 5 heteroatoms. The molecule has 3 unspecified atom stereocenters. The third-order valence-electron chi connectivity index (χ3n) is 3.67. The molecule has 4 rings (SSSR count). The van der Waals surface area contributed by atoms with Crippen LogP contribution in [0.2, 0.25) is 0 Å². The monoisotopic (exact) mass is 290 g/mol. The second kappa shape index (κ2) is 4.98. The van der Waals surface area contributed by atoms with E-state index < -0.39 is 17.4 Å². The molecule has 0 saturated carbocycles. The fraction of sp³-hybridized carbons (Fsp3) is 0.333. The minimum atomic E-state index is -1.32. The molecule has 1 fully saturated rings. The van der Waals surface area contributed by atoms with Gasteiger partial charge in [-0.2, -0.15) is 0 Å². The summed E-state index contributed by atoms with van der Waals surface area (Å²) in [5, 5.41) is -0.200. The molecular formula is C15H14O4S. The van der Waals surface area contributed by atoms with Crippen LogP contribution in [0.25, 0.3) is 0 Å². The number of carbonyl (C=O) groups is 2. The van der Waals surface area contributed by atoms with E-state index in [1.54, 1.807) is 12.2 Å². The maximum Gasteiger partial charge on any atom is 0.329 e. The van der Waals surface area contributed by atoms with Crippen LogP contribution in [0.1, 0.15) is 6.42 Å². The third kappa shape index (κ3) is 1.93. The van der Waals surface area contributed by atoms with Crippen molar-refractivity contribution in [3.05, 3.63) is 42.5 Å². The van der Waals surface area contributed by atoms with Crippen molar-refractivity contribution in [3.63, 3.8) is 0 Å². The van der Waals surface area contributed by atoms with Gasteiger partial charge < -0.3 is 9.47 Å². The van der Waals surface area contributed by atoms with Crippen LogP contribution in [0.3, 0.4) is 0 Å². The highest BCUT2D eigenvalue weighted by molar-refractivity contribution is 8.00. The van der Waals surface area contributed by atoms with Crippen LogP contribution < -0.4 is 0 Å². The van der Waals surface area contributed by atoms with Crippen LogP contribution in [0, 0.1) is 5.41 Å². The molecule has 4 nitrogen and oxygen atoms in total. The number of hydrogen-bond acceptors (Lipinski definition) is 5. The minimum Gasteiger partial charge on any atom is -0.468 e. The summed E-state index contributed by atoms with van der Waals surface area (Å²) in [5.74, 6) is -1.05. The zero-order chi connectivity index (χ0) is 14.2. The van der Waals surface area contributed by atoms with Crippen LogP contribution in [-0.4, -0.2) is 30.4 Å². The Morgan fingerprint density at radius 1 is 1.40 bits per heavy atom. The van der Waals surface area contributed by atoms with Gasteiger partial charge in [-0.25, -0.2) is 0 Å². The Morgan fingerprint density at radius 3 is 2.80 bits per heavy atom. The van der Waals surface area contributed by atoms with Gasteiger partial charge in [0.1, 0.15) is 6.10 Å². The Labute approximate surface area is 121 Å². The Kier molecular flexibility index (Phi) is 3.30. The third-order valence-corrected chi connectivity index (χ3v) is 5.06. The van der Waals surface area contributed by atoms with Gasteiger partial charge in [-0.15, -0.1) is 11.8 Å². The first-order valence-corrected chi connectivity index (χ1v) is 7.25. The largest absolute Gasteiger partial charge is 0.468 e. The number of fused-ring (bicyclic) bond motifs is 2. The molecule has 2 bridgehead atoms. The average Bonchev–Trinajstić information content (AvgIpc) is 2.48. The lowest BCUT2D eigenvalue weighted by atomic mass is 9.75. The van der Waals surface area contributed by atoms with Gasteiger partial charge in [0.15, 0.2) is 5.41 Å². The van der Waals surface area contributed by atoms with Crippen molar-refractivity contribution in [1.29, 1.82) is 0 Å².